The van der Waals surface area contributed by atoms with Crippen LogP contribution in [0.15, 0.2) is 24.3 Å². The van der Waals surface area contributed by atoms with Crippen LogP contribution in [0.3, 0.4) is 0 Å². The van der Waals surface area contributed by atoms with Crippen molar-refractivity contribution in [3.05, 3.63) is 34.9 Å². The van der Waals surface area contributed by atoms with Crippen LogP contribution in [0.2, 0.25) is 5.02 Å². The van der Waals surface area contributed by atoms with Crippen molar-refractivity contribution in [2.24, 2.45) is 17.8 Å². The molecule has 1 saturated heterocycles. The van der Waals surface area contributed by atoms with E-state index in [9.17, 15) is 32.7 Å². The Labute approximate surface area is 183 Å². The summed E-state index contributed by atoms with van der Waals surface area (Å²) in [5, 5.41) is 10.1. The summed E-state index contributed by atoms with van der Waals surface area (Å²) in [4.78, 5) is 37.4. The molecular formula is C22H25ClF3NO4. The van der Waals surface area contributed by atoms with Crippen LogP contribution in [0.5, 0.6) is 0 Å². The van der Waals surface area contributed by atoms with Crippen LogP contribution in [0, 0.1) is 17.8 Å². The Morgan fingerprint density at radius 3 is 2.29 bits per heavy atom. The van der Waals surface area contributed by atoms with Crippen LogP contribution in [-0.2, 0) is 20.8 Å². The lowest BCUT2D eigenvalue weighted by Gasteiger charge is -2.44. The molecule has 0 radical (unpaired) electrons. The highest BCUT2D eigenvalue weighted by atomic mass is 35.5. The van der Waals surface area contributed by atoms with Gasteiger partial charge in [-0.05, 0) is 49.3 Å². The molecule has 3 rings (SSSR count). The number of carboxylic acids is 1. The van der Waals surface area contributed by atoms with E-state index in [1.165, 1.54) is 0 Å². The zero-order valence-corrected chi connectivity index (χ0v) is 17.7. The molecule has 9 heteroatoms. The molecule has 2 fully saturated rings. The van der Waals surface area contributed by atoms with E-state index in [1.807, 2.05) is 0 Å². The molecule has 1 saturated carbocycles. The third-order valence-electron chi connectivity index (χ3n) is 6.43. The number of carbonyl (C=O) groups excluding carboxylic acids is 2. The summed E-state index contributed by atoms with van der Waals surface area (Å²) >= 11 is 5.83. The molecule has 1 aliphatic carbocycles. The van der Waals surface area contributed by atoms with Gasteiger partial charge in [0.2, 0.25) is 11.8 Å². The van der Waals surface area contributed by atoms with Crippen molar-refractivity contribution in [3.8, 4) is 0 Å². The second-order valence-corrected chi connectivity index (χ2v) is 8.84. The van der Waals surface area contributed by atoms with Crippen LogP contribution in [-0.4, -0.2) is 40.0 Å². The number of halogens is 4. The van der Waals surface area contributed by atoms with Gasteiger partial charge in [0, 0.05) is 11.4 Å². The highest BCUT2D eigenvalue weighted by Crippen LogP contribution is 2.43. The predicted octanol–water partition coefficient (Wildman–Crippen LogP) is 4.86. The maximum atomic E-state index is 13.6. The van der Waals surface area contributed by atoms with Gasteiger partial charge in [0.25, 0.3) is 0 Å². The van der Waals surface area contributed by atoms with Crippen LogP contribution in [0.4, 0.5) is 13.2 Å². The molecule has 1 aromatic rings. The first-order chi connectivity index (χ1) is 14.6. The quantitative estimate of drug-likeness (QED) is 0.591. The molecule has 31 heavy (non-hydrogen) atoms. The van der Waals surface area contributed by atoms with Gasteiger partial charge in [-0.25, -0.2) is 4.79 Å². The number of hydrogen-bond acceptors (Lipinski definition) is 3. The van der Waals surface area contributed by atoms with Crippen molar-refractivity contribution in [2.45, 2.75) is 63.6 Å². The Bertz CT molecular complexity index is 821. The number of β-lactam (4-membered cyclic amide) rings is 1. The van der Waals surface area contributed by atoms with Crippen molar-refractivity contribution in [1.82, 2.24) is 4.90 Å². The third kappa shape index (κ3) is 5.40. The second-order valence-electron chi connectivity index (χ2n) is 8.41. The molecule has 0 bridgehead atoms. The molecule has 170 valence electrons. The smallest absolute Gasteiger partial charge is 0.392 e. The number of imide groups is 1. The summed E-state index contributed by atoms with van der Waals surface area (Å²) < 4.78 is 40.9. The summed E-state index contributed by atoms with van der Waals surface area (Å²) in [6, 6.07) is 5.43. The Morgan fingerprint density at radius 1 is 1.13 bits per heavy atom. The molecule has 1 N–H and O–H groups in total. The molecule has 3 atom stereocenters. The number of carbonyl (C=O) groups is 3. The summed E-state index contributed by atoms with van der Waals surface area (Å²) in [5.41, 5.74) is 0.848. The number of aliphatic carboxylic acids is 1. The lowest BCUT2D eigenvalue weighted by atomic mass is 9.77. The van der Waals surface area contributed by atoms with Crippen molar-refractivity contribution in [2.75, 3.05) is 0 Å². The maximum absolute atomic E-state index is 13.6. The van der Waals surface area contributed by atoms with E-state index in [1.54, 1.807) is 24.3 Å². The number of carboxylic acid groups (broad SMARTS) is 1. The Morgan fingerprint density at radius 2 is 1.74 bits per heavy atom. The number of benzene rings is 1. The Hall–Kier alpha value is -2.09. The second kappa shape index (κ2) is 9.59. The van der Waals surface area contributed by atoms with Crippen LogP contribution in [0.1, 0.15) is 50.5 Å². The number of amides is 2. The summed E-state index contributed by atoms with van der Waals surface area (Å²) in [6.07, 6.45) is -1.87. The van der Waals surface area contributed by atoms with E-state index in [-0.39, 0.29) is 6.42 Å². The molecule has 0 unspecified atom stereocenters. The highest BCUT2D eigenvalue weighted by molar-refractivity contribution is 6.30. The van der Waals surface area contributed by atoms with Gasteiger partial charge in [0.15, 0.2) is 0 Å². The number of aryl methyl sites for hydroxylation is 1. The van der Waals surface area contributed by atoms with E-state index in [0.717, 1.165) is 12.0 Å². The Kier molecular flexibility index (Phi) is 7.29. The number of hydrogen-bond donors (Lipinski definition) is 1. The van der Waals surface area contributed by atoms with Crippen molar-refractivity contribution in [3.63, 3.8) is 0 Å². The SMILES string of the molecule is O=C(O)[C@@H]1[C@@H](CCc2ccc(Cl)cc2)C(=O)N1C(=O)C[C@@H](C1CCCCC1)C(F)(F)F. The molecule has 2 amide bonds. The van der Waals surface area contributed by atoms with Crippen molar-refractivity contribution < 1.29 is 32.7 Å². The zero-order chi connectivity index (χ0) is 22.8. The first-order valence-electron chi connectivity index (χ1n) is 10.5. The molecule has 1 aliphatic heterocycles. The van der Waals surface area contributed by atoms with Gasteiger partial charge < -0.3 is 5.11 Å². The van der Waals surface area contributed by atoms with Crippen molar-refractivity contribution >= 4 is 29.4 Å². The summed E-state index contributed by atoms with van der Waals surface area (Å²) in [7, 11) is 0. The minimum Gasteiger partial charge on any atom is -0.480 e. The van der Waals surface area contributed by atoms with Gasteiger partial charge >= 0.3 is 12.1 Å². The minimum atomic E-state index is -4.57. The van der Waals surface area contributed by atoms with Crippen LogP contribution < -0.4 is 0 Å². The lowest BCUT2D eigenvalue weighted by molar-refractivity contribution is -0.200. The zero-order valence-electron chi connectivity index (χ0n) is 16.9. The fourth-order valence-electron chi connectivity index (χ4n) is 4.74. The molecule has 0 spiro atoms. The Balaban J connectivity index is 1.67. The topological polar surface area (TPSA) is 74.7 Å². The standard InChI is InChI=1S/C22H25ClF3NO4/c23-15-9-6-13(7-10-15)8-11-16-19(21(30)31)27(20(16)29)18(28)12-17(22(24,25)26)14-4-2-1-3-5-14/h6-7,9-10,14,16-17,19H,1-5,8,11-12H2,(H,30,31)/t16-,17+,19+/m1/s1. The predicted molar refractivity (Wildman–Crippen MR) is 107 cm³/mol. The van der Waals surface area contributed by atoms with E-state index < -0.39 is 54.2 Å². The van der Waals surface area contributed by atoms with Gasteiger partial charge in [-0.2, -0.15) is 13.2 Å². The largest absolute Gasteiger partial charge is 0.480 e. The molecule has 0 aromatic heterocycles. The van der Waals surface area contributed by atoms with Crippen molar-refractivity contribution in [1.29, 1.82) is 0 Å². The monoisotopic (exact) mass is 459 g/mol. The van der Waals surface area contributed by atoms with Gasteiger partial charge in [0.05, 0.1) is 11.8 Å². The van der Waals surface area contributed by atoms with E-state index in [0.29, 0.717) is 42.0 Å². The maximum Gasteiger partial charge on any atom is 0.392 e. The third-order valence-corrected chi connectivity index (χ3v) is 6.68. The summed E-state index contributed by atoms with van der Waals surface area (Å²) in [6.45, 7) is 0. The van der Waals surface area contributed by atoms with Gasteiger partial charge in [-0.1, -0.05) is 43.0 Å². The van der Waals surface area contributed by atoms with E-state index >= 15 is 0 Å². The molecule has 2 aliphatic rings. The number of nitrogens with zero attached hydrogens (tertiary/aromatic N) is 1. The van der Waals surface area contributed by atoms with Gasteiger partial charge in [-0.15, -0.1) is 0 Å². The fraction of sp³-hybridized carbons (Fsp3) is 0.591. The van der Waals surface area contributed by atoms with Gasteiger partial charge in [0.1, 0.15) is 6.04 Å². The molecule has 1 heterocycles. The molecule has 1 aromatic carbocycles. The average molecular weight is 460 g/mol. The van der Waals surface area contributed by atoms with E-state index in [2.05, 4.69) is 0 Å². The fourth-order valence-corrected chi connectivity index (χ4v) is 4.86. The number of alkyl halides is 3. The lowest BCUT2D eigenvalue weighted by Crippen LogP contribution is -2.66. The van der Waals surface area contributed by atoms with Crippen LogP contribution >= 0.6 is 11.6 Å². The molecule has 5 nitrogen and oxygen atoms in total. The summed E-state index contributed by atoms with van der Waals surface area (Å²) in [5.74, 6) is -6.59. The minimum absolute atomic E-state index is 0.187. The van der Waals surface area contributed by atoms with Gasteiger partial charge in [-0.3, -0.25) is 14.5 Å². The van der Waals surface area contributed by atoms with E-state index in [4.69, 9.17) is 11.6 Å². The highest BCUT2D eigenvalue weighted by Gasteiger charge is 2.56. The average Bonchev–Trinajstić information content (AvgIpc) is 2.71. The number of likely N-dealkylation sites (tertiary alicyclic amines) is 1. The first-order valence-corrected chi connectivity index (χ1v) is 10.9. The normalized spacial score (nSPS) is 23.4. The first kappa shape index (κ1) is 23.6. The number of rotatable bonds is 7. The van der Waals surface area contributed by atoms with Crippen LogP contribution in [0.25, 0.3) is 0 Å². The molecular weight excluding hydrogens is 435 g/mol.